The van der Waals surface area contributed by atoms with Crippen LogP contribution in [0.1, 0.15) is 39.6 Å². The second-order valence-corrected chi connectivity index (χ2v) is 9.70. The molecule has 226 valence electrons. The van der Waals surface area contributed by atoms with Crippen LogP contribution in [0.2, 0.25) is 0 Å². The van der Waals surface area contributed by atoms with E-state index < -0.39 is 54.5 Å². The van der Waals surface area contributed by atoms with Crippen LogP contribution in [0.15, 0.2) is 31.0 Å². The molecule has 0 unspecified atom stereocenters. The van der Waals surface area contributed by atoms with Crippen LogP contribution in [-0.2, 0) is 49.4 Å². The molecule has 4 rings (SSSR count). The van der Waals surface area contributed by atoms with Gasteiger partial charge in [0.15, 0.2) is 24.5 Å². The summed E-state index contributed by atoms with van der Waals surface area (Å²) in [6, 6.07) is 0. The first kappa shape index (κ1) is 30.6. The second kappa shape index (κ2) is 13.5. The SMILES string of the molecule is CC(=O)OC[C@H]1O[C@@H](n2cc(CN3[C]N(CCN4[C]N(C)C=C4)C=C3)nn2)[C@H](OC(C)=O)[C@@H](OC(C)=O)[C@@H]1OC(C)=O. The van der Waals surface area contributed by atoms with E-state index in [1.54, 1.807) is 11.1 Å². The Morgan fingerprint density at radius 1 is 0.810 bits per heavy atom. The Bertz CT molecular complexity index is 1200. The average Bonchev–Trinajstić information content (AvgIpc) is 3.65. The third kappa shape index (κ3) is 8.11. The smallest absolute Gasteiger partial charge is 0.303 e. The van der Waals surface area contributed by atoms with Crippen molar-refractivity contribution >= 4 is 23.9 Å². The minimum absolute atomic E-state index is 0.308. The first-order valence-electron chi connectivity index (χ1n) is 13.1. The van der Waals surface area contributed by atoms with Crippen LogP contribution in [0.3, 0.4) is 0 Å². The fourth-order valence-corrected chi connectivity index (χ4v) is 4.50. The van der Waals surface area contributed by atoms with Crippen molar-refractivity contribution in [3.8, 4) is 0 Å². The van der Waals surface area contributed by atoms with E-state index in [9.17, 15) is 19.2 Å². The van der Waals surface area contributed by atoms with E-state index in [1.807, 2.05) is 46.5 Å². The van der Waals surface area contributed by atoms with Gasteiger partial charge in [-0.05, 0) is 0 Å². The lowest BCUT2D eigenvalue weighted by Gasteiger charge is -2.44. The van der Waals surface area contributed by atoms with E-state index in [-0.39, 0.29) is 6.61 Å². The molecule has 3 aliphatic rings. The monoisotopic (exact) mass is 587 g/mol. The molecule has 0 saturated carbocycles. The predicted molar refractivity (Wildman–Crippen MR) is 139 cm³/mol. The number of carbonyl (C=O) groups excluding carboxylic acids is 4. The summed E-state index contributed by atoms with van der Waals surface area (Å²) in [7, 11) is 1.90. The van der Waals surface area contributed by atoms with Crippen LogP contribution >= 0.6 is 0 Å². The summed E-state index contributed by atoms with van der Waals surface area (Å²) in [6.45, 7) is 12.4. The van der Waals surface area contributed by atoms with E-state index in [1.165, 1.54) is 18.5 Å². The lowest BCUT2D eigenvalue weighted by molar-refractivity contribution is -0.270. The number of hydrogen-bond donors (Lipinski definition) is 0. The highest BCUT2D eigenvalue weighted by Crippen LogP contribution is 2.34. The average molecular weight is 588 g/mol. The molecule has 42 heavy (non-hydrogen) atoms. The van der Waals surface area contributed by atoms with Gasteiger partial charge in [0.05, 0.1) is 12.7 Å². The van der Waals surface area contributed by atoms with Crippen molar-refractivity contribution in [3.05, 3.63) is 50.0 Å². The van der Waals surface area contributed by atoms with Gasteiger partial charge < -0.3 is 43.3 Å². The zero-order valence-electron chi connectivity index (χ0n) is 23.9. The van der Waals surface area contributed by atoms with Crippen LogP contribution in [0.5, 0.6) is 0 Å². The third-order valence-corrected chi connectivity index (χ3v) is 6.14. The number of nitrogens with zero attached hydrogens (tertiary/aromatic N) is 7. The molecule has 4 radical (unpaired) electrons. The minimum atomic E-state index is -1.31. The van der Waals surface area contributed by atoms with E-state index in [2.05, 4.69) is 23.6 Å². The van der Waals surface area contributed by atoms with Crippen molar-refractivity contribution in [2.45, 2.75) is 64.9 Å². The molecule has 16 heteroatoms. The van der Waals surface area contributed by atoms with Gasteiger partial charge in [0, 0.05) is 72.6 Å². The molecule has 1 fully saturated rings. The van der Waals surface area contributed by atoms with Crippen molar-refractivity contribution in [3.63, 3.8) is 0 Å². The maximum atomic E-state index is 12.1. The van der Waals surface area contributed by atoms with Gasteiger partial charge in [0.2, 0.25) is 13.3 Å². The molecule has 0 aromatic carbocycles. The van der Waals surface area contributed by atoms with Gasteiger partial charge in [-0.1, -0.05) is 5.21 Å². The van der Waals surface area contributed by atoms with Crippen LogP contribution in [0.25, 0.3) is 0 Å². The van der Waals surface area contributed by atoms with Gasteiger partial charge in [0.25, 0.3) is 0 Å². The first-order chi connectivity index (χ1) is 20.0. The van der Waals surface area contributed by atoms with E-state index in [0.717, 1.165) is 13.8 Å². The van der Waals surface area contributed by atoms with Gasteiger partial charge >= 0.3 is 23.9 Å². The number of rotatable bonds is 11. The number of carbonyl (C=O) groups is 4. The van der Waals surface area contributed by atoms with Gasteiger partial charge in [-0.15, -0.1) is 5.10 Å². The lowest BCUT2D eigenvalue weighted by atomic mass is 9.97. The maximum Gasteiger partial charge on any atom is 0.303 e. The van der Waals surface area contributed by atoms with Crippen LogP contribution < -0.4 is 0 Å². The Morgan fingerprint density at radius 3 is 2.02 bits per heavy atom. The molecule has 5 atom stereocenters. The zero-order valence-corrected chi connectivity index (χ0v) is 23.9. The normalized spacial score (nSPS) is 25.1. The van der Waals surface area contributed by atoms with E-state index >= 15 is 0 Å². The zero-order chi connectivity index (χ0) is 30.4. The highest BCUT2D eigenvalue weighted by Gasteiger charge is 2.53. The third-order valence-electron chi connectivity index (χ3n) is 6.14. The Morgan fingerprint density at radius 2 is 1.40 bits per heavy atom. The topological polar surface area (TPSA) is 158 Å². The van der Waals surface area contributed by atoms with Gasteiger partial charge in [-0.2, -0.15) is 0 Å². The second-order valence-electron chi connectivity index (χ2n) is 9.70. The van der Waals surface area contributed by atoms with E-state index in [4.69, 9.17) is 23.7 Å². The molecule has 0 spiro atoms. The van der Waals surface area contributed by atoms with Crippen LogP contribution in [-0.4, -0.2) is 110 Å². The molecule has 1 saturated heterocycles. The highest BCUT2D eigenvalue weighted by molar-refractivity contribution is 5.68. The Hall–Kier alpha value is -4.34. The van der Waals surface area contributed by atoms with Gasteiger partial charge in [-0.25, -0.2) is 4.68 Å². The van der Waals surface area contributed by atoms with Gasteiger partial charge in [0.1, 0.15) is 18.4 Å². The van der Waals surface area contributed by atoms with Gasteiger partial charge in [-0.3, -0.25) is 19.2 Å². The summed E-state index contributed by atoms with van der Waals surface area (Å²) < 4.78 is 28.9. The van der Waals surface area contributed by atoms with Crippen molar-refractivity contribution in [1.29, 1.82) is 0 Å². The summed E-state index contributed by atoms with van der Waals surface area (Å²) in [4.78, 5) is 55.1. The first-order valence-corrected chi connectivity index (χ1v) is 13.1. The Kier molecular flexibility index (Phi) is 9.88. The molecular formula is C26H33N7O9. The fraction of sp³-hybridized carbons (Fsp3) is 0.538. The summed E-state index contributed by atoms with van der Waals surface area (Å²) in [5, 5.41) is 8.37. The van der Waals surface area contributed by atoms with Crippen molar-refractivity contribution in [1.82, 2.24) is 34.6 Å². The summed E-state index contributed by atoms with van der Waals surface area (Å²) in [5.74, 6) is -2.74. The highest BCUT2D eigenvalue weighted by atomic mass is 16.7. The van der Waals surface area contributed by atoms with Crippen molar-refractivity contribution < 1.29 is 42.9 Å². The van der Waals surface area contributed by atoms with Crippen LogP contribution in [0.4, 0.5) is 0 Å². The maximum absolute atomic E-state index is 12.1. The quantitative estimate of drug-likeness (QED) is 0.248. The predicted octanol–water partition coefficient (Wildman–Crippen LogP) is -0.166. The fourth-order valence-electron chi connectivity index (χ4n) is 4.50. The number of aromatic nitrogens is 3. The largest absolute Gasteiger partial charge is 0.463 e. The molecule has 1 aromatic rings. The van der Waals surface area contributed by atoms with Crippen LogP contribution in [0, 0.1) is 13.3 Å². The Balaban J connectivity index is 1.48. The standard InChI is InChI=1S/C26H33N7O9/c1-17(34)38-14-22-23(39-18(2)35)24(40-19(3)36)25(41-20(4)37)26(42-22)33-13-21(27-28-33)12-32-11-10-31(16-32)9-8-30-7-6-29(5)15-30/h6-7,10-11,13,22-26H,8-9,12,14H2,1-5H3/t22-,23-,24+,25-,26-/m1/s1. The number of esters is 4. The summed E-state index contributed by atoms with van der Waals surface area (Å²) >= 11 is 0. The molecule has 4 heterocycles. The molecule has 3 aliphatic heterocycles. The van der Waals surface area contributed by atoms with Crippen molar-refractivity contribution in [2.75, 3.05) is 26.7 Å². The molecule has 0 aliphatic carbocycles. The molecule has 1 aromatic heterocycles. The molecular weight excluding hydrogens is 554 g/mol. The number of ether oxygens (including phenoxy) is 5. The minimum Gasteiger partial charge on any atom is -0.463 e. The number of hydrogen-bond acceptors (Lipinski definition) is 15. The molecule has 0 bridgehead atoms. The molecule has 0 N–H and O–H groups in total. The summed E-state index contributed by atoms with van der Waals surface area (Å²) in [6.07, 6.45) is 3.02. The van der Waals surface area contributed by atoms with Crippen molar-refractivity contribution in [2.24, 2.45) is 0 Å². The van der Waals surface area contributed by atoms with E-state index in [0.29, 0.717) is 25.3 Å². The Labute approximate surface area is 243 Å². The lowest BCUT2D eigenvalue weighted by Crippen LogP contribution is -2.60. The molecule has 0 amide bonds. The summed E-state index contributed by atoms with van der Waals surface area (Å²) in [5.41, 5.74) is 0.521. The molecule has 16 nitrogen and oxygen atoms in total.